The summed E-state index contributed by atoms with van der Waals surface area (Å²) >= 11 is 9.08. The number of aryl methyl sites for hydroxylation is 1. The molecule has 4 aromatic carbocycles. The number of rotatable bonds is 8. The van der Waals surface area contributed by atoms with Crippen LogP contribution in [0.2, 0.25) is 5.02 Å². The zero-order chi connectivity index (χ0) is 27.2. The molecule has 0 saturated carbocycles. The van der Waals surface area contributed by atoms with Gasteiger partial charge >= 0.3 is 0 Å². The minimum atomic E-state index is -0.540. The van der Waals surface area contributed by atoms with E-state index in [4.69, 9.17) is 11.6 Å². The summed E-state index contributed by atoms with van der Waals surface area (Å²) in [4.78, 5) is 31.7. The summed E-state index contributed by atoms with van der Waals surface area (Å²) in [6, 6.07) is 32.0. The maximum absolute atomic E-state index is 13.5. The van der Waals surface area contributed by atoms with Gasteiger partial charge in [-0.25, -0.2) is 4.98 Å². The van der Waals surface area contributed by atoms with Gasteiger partial charge in [0.1, 0.15) is 5.25 Å². The average molecular weight is 570 g/mol. The molecule has 0 spiro atoms. The molecule has 2 N–H and O–H groups in total. The van der Waals surface area contributed by atoms with Crippen LogP contribution in [0.4, 0.5) is 10.8 Å². The zero-order valence-corrected chi connectivity index (χ0v) is 23.3. The Labute approximate surface area is 240 Å². The number of halogens is 1. The number of amides is 2. The highest BCUT2D eigenvalue weighted by atomic mass is 35.5. The molecule has 0 aliphatic carbocycles. The molecule has 1 atom stereocenters. The molecule has 2 amide bonds. The van der Waals surface area contributed by atoms with Gasteiger partial charge in [-0.3, -0.25) is 9.59 Å². The third-order valence-electron chi connectivity index (χ3n) is 5.88. The van der Waals surface area contributed by atoms with Gasteiger partial charge in [-0.1, -0.05) is 83.9 Å². The summed E-state index contributed by atoms with van der Waals surface area (Å²) < 4.78 is 0. The molecule has 0 radical (unpaired) electrons. The normalized spacial score (nSPS) is 11.5. The number of carbonyl (C=O) groups is 2. The lowest BCUT2D eigenvalue weighted by Crippen LogP contribution is -2.19. The largest absolute Gasteiger partial charge is 0.322 e. The van der Waals surface area contributed by atoms with E-state index in [1.807, 2.05) is 103 Å². The van der Waals surface area contributed by atoms with Crippen molar-refractivity contribution in [2.45, 2.75) is 17.1 Å². The fraction of sp³-hybridized carbons (Fsp3) is 0.0645. The summed E-state index contributed by atoms with van der Waals surface area (Å²) in [5.41, 5.74) is 4.71. The standard InChI is InChI=1S/C31H24ClN3O2S2/c1-20-14-16-22(17-15-20)29(36)33-23-10-7-11-24(18-23)39-28(21-8-3-2-4-9-21)30(37)35-31-34-27(19-38-31)25-12-5-6-13-26(25)32/h2-19,28H,1H3,(H,33,36)(H,34,35,37). The van der Waals surface area contributed by atoms with Gasteiger partial charge in [-0.2, -0.15) is 0 Å². The van der Waals surface area contributed by atoms with Gasteiger partial charge in [-0.15, -0.1) is 23.1 Å². The number of nitrogens with zero attached hydrogens (tertiary/aromatic N) is 1. The van der Waals surface area contributed by atoms with E-state index in [1.165, 1.54) is 23.1 Å². The molecule has 1 unspecified atom stereocenters. The molecule has 0 saturated heterocycles. The summed E-state index contributed by atoms with van der Waals surface area (Å²) in [5, 5.41) is 8.37. The van der Waals surface area contributed by atoms with Crippen molar-refractivity contribution >= 4 is 57.3 Å². The van der Waals surface area contributed by atoms with Crippen molar-refractivity contribution in [2.75, 3.05) is 10.6 Å². The molecular weight excluding hydrogens is 546 g/mol. The van der Waals surface area contributed by atoms with Crippen LogP contribution in [-0.2, 0) is 4.79 Å². The Hall–Kier alpha value is -3.91. The summed E-state index contributed by atoms with van der Waals surface area (Å²) in [6.45, 7) is 1.98. The van der Waals surface area contributed by atoms with Gasteiger partial charge in [0.15, 0.2) is 5.13 Å². The Morgan fingerprint density at radius 1 is 0.872 bits per heavy atom. The van der Waals surface area contributed by atoms with Crippen molar-refractivity contribution < 1.29 is 9.59 Å². The Bertz CT molecular complexity index is 1600. The van der Waals surface area contributed by atoms with Gasteiger partial charge in [0.25, 0.3) is 5.91 Å². The van der Waals surface area contributed by atoms with E-state index in [0.717, 1.165) is 21.6 Å². The molecule has 39 heavy (non-hydrogen) atoms. The van der Waals surface area contributed by atoms with Crippen molar-refractivity contribution in [3.8, 4) is 11.3 Å². The molecule has 8 heteroatoms. The topological polar surface area (TPSA) is 71.1 Å². The second kappa shape index (κ2) is 12.3. The van der Waals surface area contributed by atoms with Crippen LogP contribution < -0.4 is 10.6 Å². The van der Waals surface area contributed by atoms with Crippen molar-refractivity contribution in [3.05, 3.63) is 130 Å². The van der Waals surface area contributed by atoms with Gasteiger partial charge in [0, 0.05) is 32.1 Å². The van der Waals surface area contributed by atoms with Gasteiger partial charge in [-0.05, 0) is 48.9 Å². The number of thioether (sulfide) groups is 1. The molecule has 194 valence electrons. The number of aromatic nitrogens is 1. The van der Waals surface area contributed by atoms with E-state index in [2.05, 4.69) is 15.6 Å². The Morgan fingerprint density at radius 3 is 2.38 bits per heavy atom. The highest BCUT2D eigenvalue weighted by Gasteiger charge is 2.23. The zero-order valence-electron chi connectivity index (χ0n) is 20.9. The lowest BCUT2D eigenvalue weighted by atomic mass is 10.1. The second-order valence-electron chi connectivity index (χ2n) is 8.76. The minimum Gasteiger partial charge on any atom is -0.322 e. The quantitative estimate of drug-likeness (QED) is 0.184. The van der Waals surface area contributed by atoms with E-state index >= 15 is 0 Å². The van der Waals surface area contributed by atoms with Crippen LogP contribution in [0.25, 0.3) is 11.3 Å². The number of anilines is 2. The molecule has 0 bridgehead atoms. The fourth-order valence-electron chi connectivity index (χ4n) is 3.89. The third-order valence-corrected chi connectivity index (χ3v) is 8.22. The Kier molecular flexibility index (Phi) is 8.42. The molecule has 5 nitrogen and oxygen atoms in total. The highest BCUT2D eigenvalue weighted by molar-refractivity contribution is 8.00. The second-order valence-corrected chi connectivity index (χ2v) is 11.2. The summed E-state index contributed by atoms with van der Waals surface area (Å²) in [6.07, 6.45) is 0. The number of carbonyl (C=O) groups excluding carboxylic acids is 2. The van der Waals surface area contributed by atoms with Crippen LogP contribution in [0.5, 0.6) is 0 Å². The van der Waals surface area contributed by atoms with E-state index in [1.54, 1.807) is 12.1 Å². The first-order valence-corrected chi connectivity index (χ1v) is 14.3. The molecule has 1 heterocycles. The predicted octanol–water partition coefficient (Wildman–Crippen LogP) is 8.50. The van der Waals surface area contributed by atoms with E-state index in [0.29, 0.717) is 27.1 Å². The average Bonchev–Trinajstić information content (AvgIpc) is 3.41. The van der Waals surface area contributed by atoms with Crippen molar-refractivity contribution in [3.63, 3.8) is 0 Å². The first-order chi connectivity index (χ1) is 19.0. The maximum Gasteiger partial charge on any atom is 0.255 e. The molecule has 1 aromatic heterocycles. The summed E-state index contributed by atoms with van der Waals surface area (Å²) in [5.74, 6) is -0.382. The van der Waals surface area contributed by atoms with Crippen molar-refractivity contribution in [1.29, 1.82) is 0 Å². The number of nitrogens with one attached hydrogen (secondary N) is 2. The fourth-order valence-corrected chi connectivity index (χ4v) is 5.92. The van der Waals surface area contributed by atoms with Crippen LogP contribution >= 0.6 is 34.7 Å². The first kappa shape index (κ1) is 26.7. The SMILES string of the molecule is Cc1ccc(C(=O)Nc2cccc(SC(C(=O)Nc3nc(-c4ccccc4Cl)cs3)c3ccccc3)c2)cc1. The van der Waals surface area contributed by atoms with Crippen LogP contribution in [-0.4, -0.2) is 16.8 Å². The minimum absolute atomic E-state index is 0.187. The smallest absolute Gasteiger partial charge is 0.255 e. The van der Waals surface area contributed by atoms with Crippen LogP contribution in [0.15, 0.2) is 113 Å². The molecule has 0 fully saturated rings. The molecular formula is C31H24ClN3O2S2. The maximum atomic E-state index is 13.5. The molecule has 5 rings (SSSR count). The van der Waals surface area contributed by atoms with Crippen molar-refractivity contribution in [2.24, 2.45) is 0 Å². The first-order valence-electron chi connectivity index (χ1n) is 12.2. The van der Waals surface area contributed by atoms with Gasteiger partial charge in [0.2, 0.25) is 5.91 Å². The van der Waals surface area contributed by atoms with Crippen LogP contribution in [0, 0.1) is 6.92 Å². The molecule has 0 aliphatic rings. The number of thiazole rings is 1. The number of hydrogen-bond donors (Lipinski definition) is 2. The third kappa shape index (κ3) is 6.75. The number of hydrogen-bond acceptors (Lipinski definition) is 5. The van der Waals surface area contributed by atoms with Crippen molar-refractivity contribution in [1.82, 2.24) is 4.98 Å². The van der Waals surface area contributed by atoms with Gasteiger partial charge < -0.3 is 10.6 Å². The number of benzene rings is 4. The highest BCUT2D eigenvalue weighted by Crippen LogP contribution is 2.38. The van der Waals surface area contributed by atoms with Gasteiger partial charge in [0.05, 0.1) is 5.69 Å². The Morgan fingerprint density at radius 2 is 1.62 bits per heavy atom. The van der Waals surface area contributed by atoms with Crippen LogP contribution in [0.3, 0.4) is 0 Å². The molecule has 0 aliphatic heterocycles. The lowest BCUT2D eigenvalue weighted by Gasteiger charge is -2.17. The predicted molar refractivity (Wildman–Crippen MR) is 162 cm³/mol. The van der Waals surface area contributed by atoms with E-state index < -0.39 is 5.25 Å². The lowest BCUT2D eigenvalue weighted by molar-refractivity contribution is -0.115. The molecule has 5 aromatic rings. The Balaban J connectivity index is 1.34. The van der Waals surface area contributed by atoms with E-state index in [9.17, 15) is 9.59 Å². The van der Waals surface area contributed by atoms with Crippen LogP contribution in [0.1, 0.15) is 26.7 Å². The summed E-state index contributed by atoms with van der Waals surface area (Å²) in [7, 11) is 0. The van der Waals surface area contributed by atoms with E-state index in [-0.39, 0.29) is 11.8 Å². The monoisotopic (exact) mass is 569 g/mol.